The quantitative estimate of drug-likeness (QED) is 0.700. The monoisotopic (exact) mass is 400 g/mol. The van der Waals surface area contributed by atoms with Crippen molar-refractivity contribution in [2.45, 2.75) is 19.9 Å². The first-order chi connectivity index (χ1) is 13.9. The van der Waals surface area contributed by atoms with Crippen LogP contribution in [0.25, 0.3) is 0 Å². The number of nitrogens with one attached hydrogen (secondary N) is 1. The second kappa shape index (κ2) is 10.4. The summed E-state index contributed by atoms with van der Waals surface area (Å²) in [6, 6.07) is 11.2. The standard InChI is InChI=1S/C22H28N2O5/c1-6-15-7-9-16(10-8-15)14-24(2)20(25)13-23-22(26)17-11-18(27-3)21(29-5)19(12-17)28-4/h7-12H,6,13-14H2,1-5H3,(H,23,26). The molecule has 0 bridgehead atoms. The summed E-state index contributed by atoms with van der Waals surface area (Å²) in [6.45, 7) is 2.46. The van der Waals surface area contributed by atoms with Gasteiger partial charge in [-0.3, -0.25) is 9.59 Å². The van der Waals surface area contributed by atoms with E-state index in [0.717, 1.165) is 12.0 Å². The third-order valence-electron chi connectivity index (χ3n) is 4.60. The van der Waals surface area contributed by atoms with Crippen molar-refractivity contribution in [2.24, 2.45) is 0 Å². The Morgan fingerprint density at radius 1 is 0.931 bits per heavy atom. The van der Waals surface area contributed by atoms with E-state index in [1.54, 1.807) is 24.1 Å². The van der Waals surface area contributed by atoms with E-state index < -0.39 is 5.91 Å². The third kappa shape index (κ3) is 5.63. The molecule has 0 saturated carbocycles. The topological polar surface area (TPSA) is 77.1 Å². The SMILES string of the molecule is CCc1ccc(CN(C)C(=O)CNC(=O)c2cc(OC)c(OC)c(OC)c2)cc1. The summed E-state index contributed by atoms with van der Waals surface area (Å²) in [7, 11) is 6.15. The Hall–Kier alpha value is -3.22. The lowest BCUT2D eigenvalue weighted by Crippen LogP contribution is -2.37. The van der Waals surface area contributed by atoms with E-state index in [1.165, 1.54) is 26.9 Å². The smallest absolute Gasteiger partial charge is 0.251 e. The number of rotatable bonds is 9. The summed E-state index contributed by atoms with van der Waals surface area (Å²) >= 11 is 0. The van der Waals surface area contributed by atoms with Crippen LogP contribution < -0.4 is 19.5 Å². The van der Waals surface area contributed by atoms with Crippen LogP contribution in [0.3, 0.4) is 0 Å². The minimum absolute atomic E-state index is 0.112. The first-order valence-electron chi connectivity index (χ1n) is 9.33. The number of hydrogen-bond donors (Lipinski definition) is 1. The maximum Gasteiger partial charge on any atom is 0.251 e. The maximum atomic E-state index is 12.5. The van der Waals surface area contributed by atoms with Gasteiger partial charge in [-0.05, 0) is 29.7 Å². The molecule has 156 valence electrons. The number of benzene rings is 2. The Bertz CT molecular complexity index is 824. The van der Waals surface area contributed by atoms with Gasteiger partial charge in [0, 0.05) is 19.2 Å². The van der Waals surface area contributed by atoms with Crippen molar-refractivity contribution in [2.75, 3.05) is 34.9 Å². The number of carbonyl (C=O) groups is 2. The second-order valence-electron chi connectivity index (χ2n) is 6.52. The van der Waals surface area contributed by atoms with Crippen molar-refractivity contribution >= 4 is 11.8 Å². The molecule has 29 heavy (non-hydrogen) atoms. The molecular weight excluding hydrogens is 372 g/mol. The summed E-state index contributed by atoms with van der Waals surface area (Å²) in [4.78, 5) is 26.5. The van der Waals surface area contributed by atoms with Crippen molar-refractivity contribution in [1.29, 1.82) is 0 Å². The zero-order chi connectivity index (χ0) is 21.4. The van der Waals surface area contributed by atoms with E-state index in [9.17, 15) is 9.59 Å². The zero-order valence-electron chi connectivity index (χ0n) is 17.6. The van der Waals surface area contributed by atoms with Gasteiger partial charge >= 0.3 is 0 Å². The summed E-state index contributed by atoms with van der Waals surface area (Å²) in [6.07, 6.45) is 0.974. The molecule has 2 amide bonds. The Labute approximate surface area is 171 Å². The number of likely N-dealkylation sites (N-methyl/N-ethyl adjacent to an activating group) is 1. The van der Waals surface area contributed by atoms with Crippen LogP contribution >= 0.6 is 0 Å². The fourth-order valence-electron chi connectivity index (χ4n) is 2.85. The van der Waals surface area contributed by atoms with Gasteiger partial charge in [-0.1, -0.05) is 31.2 Å². The lowest BCUT2D eigenvalue weighted by Gasteiger charge is -2.18. The average Bonchev–Trinajstić information content (AvgIpc) is 2.76. The van der Waals surface area contributed by atoms with E-state index in [-0.39, 0.29) is 12.5 Å². The number of carbonyl (C=O) groups excluding carboxylic acids is 2. The molecule has 0 aromatic heterocycles. The van der Waals surface area contributed by atoms with Crippen molar-refractivity contribution in [3.8, 4) is 17.2 Å². The van der Waals surface area contributed by atoms with Gasteiger partial charge in [0.25, 0.3) is 5.91 Å². The lowest BCUT2D eigenvalue weighted by molar-refractivity contribution is -0.129. The van der Waals surface area contributed by atoms with Gasteiger partial charge in [0.2, 0.25) is 11.7 Å². The van der Waals surface area contributed by atoms with E-state index in [4.69, 9.17) is 14.2 Å². The molecule has 2 rings (SSSR count). The number of nitrogens with zero attached hydrogens (tertiary/aromatic N) is 1. The van der Waals surface area contributed by atoms with Gasteiger partial charge in [-0.15, -0.1) is 0 Å². The number of aryl methyl sites for hydroxylation is 1. The predicted octanol–water partition coefficient (Wildman–Crippen LogP) is 2.66. The Morgan fingerprint density at radius 3 is 1.97 bits per heavy atom. The molecular formula is C22H28N2O5. The Kier molecular flexibility index (Phi) is 7.88. The van der Waals surface area contributed by atoms with E-state index in [2.05, 4.69) is 24.4 Å². The van der Waals surface area contributed by atoms with Crippen molar-refractivity contribution in [1.82, 2.24) is 10.2 Å². The van der Waals surface area contributed by atoms with Gasteiger partial charge < -0.3 is 24.4 Å². The molecule has 0 unspecified atom stereocenters. The minimum Gasteiger partial charge on any atom is -0.493 e. The van der Waals surface area contributed by atoms with Gasteiger partial charge in [0.15, 0.2) is 11.5 Å². The highest BCUT2D eigenvalue weighted by molar-refractivity contribution is 5.97. The summed E-state index contributed by atoms with van der Waals surface area (Å²) < 4.78 is 15.8. The molecule has 0 aliphatic rings. The average molecular weight is 400 g/mol. The molecule has 1 N–H and O–H groups in total. The number of amides is 2. The Balaban J connectivity index is 1.99. The van der Waals surface area contributed by atoms with Crippen LogP contribution in [0.4, 0.5) is 0 Å². The van der Waals surface area contributed by atoms with Gasteiger partial charge in [0.1, 0.15) is 0 Å². The number of ether oxygens (including phenoxy) is 3. The van der Waals surface area contributed by atoms with Gasteiger partial charge in [-0.2, -0.15) is 0 Å². The first kappa shape index (κ1) is 22.1. The molecule has 0 aliphatic carbocycles. The fraction of sp³-hybridized carbons (Fsp3) is 0.364. The summed E-state index contributed by atoms with van der Waals surface area (Å²) in [5.41, 5.74) is 2.60. The molecule has 0 atom stereocenters. The zero-order valence-corrected chi connectivity index (χ0v) is 17.6. The summed E-state index contributed by atoms with van der Waals surface area (Å²) in [5, 5.41) is 2.64. The highest BCUT2D eigenvalue weighted by Gasteiger charge is 2.18. The molecule has 7 nitrogen and oxygen atoms in total. The summed E-state index contributed by atoms with van der Waals surface area (Å²) in [5.74, 6) is 0.548. The molecule has 2 aromatic carbocycles. The minimum atomic E-state index is -0.404. The number of hydrogen-bond acceptors (Lipinski definition) is 5. The van der Waals surface area contributed by atoms with Crippen LogP contribution in [0.5, 0.6) is 17.2 Å². The molecule has 0 aliphatic heterocycles. The number of methoxy groups -OCH3 is 3. The molecule has 0 fully saturated rings. The first-order valence-corrected chi connectivity index (χ1v) is 9.33. The third-order valence-corrected chi connectivity index (χ3v) is 4.60. The van der Waals surface area contributed by atoms with E-state index in [0.29, 0.717) is 29.4 Å². The molecule has 0 radical (unpaired) electrons. The molecule has 0 saturated heterocycles. The largest absolute Gasteiger partial charge is 0.493 e. The predicted molar refractivity (Wildman–Crippen MR) is 111 cm³/mol. The van der Waals surface area contributed by atoms with Crippen molar-refractivity contribution < 1.29 is 23.8 Å². The van der Waals surface area contributed by atoms with Crippen molar-refractivity contribution in [3.05, 3.63) is 53.1 Å². The Morgan fingerprint density at radius 2 is 1.48 bits per heavy atom. The maximum absolute atomic E-state index is 12.5. The van der Waals surface area contributed by atoms with Crippen LogP contribution in [0.2, 0.25) is 0 Å². The van der Waals surface area contributed by atoms with Gasteiger partial charge in [-0.25, -0.2) is 0 Å². The lowest BCUT2D eigenvalue weighted by atomic mass is 10.1. The van der Waals surface area contributed by atoms with Crippen LogP contribution in [-0.4, -0.2) is 51.6 Å². The van der Waals surface area contributed by atoms with E-state index >= 15 is 0 Å². The normalized spacial score (nSPS) is 10.2. The van der Waals surface area contributed by atoms with Crippen molar-refractivity contribution in [3.63, 3.8) is 0 Å². The second-order valence-corrected chi connectivity index (χ2v) is 6.52. The van der Waals surface area contributed by atoms with E-state index in [1.807, 2.05) is 12.1 Å². The highest BCUT2D eigenvalue weighted by atomic mass is 16.5. The van der Waals surface area contributed by atoms with Gasteiger partial charge in [0.05, 0.1) is 27.9 Å². The fourth-order valence-corrected chi connectivity index (χ4v) is 2.85. The van der Waals surface area contributed by atoms with Crippen LogP contribution in [-0.2, 0) is 17.8 Å². The van der Waals surface area contributed by atoms with Crippen LogP contribution in [0, 0.1) is 0 Å². The molecule has 0 spiro atoms. The highest BCUT2D eigenvalue weighted by Crippen LogP contribution is 2.38. The van der Waals surface area contributed by atoms with Crippen LogP contribution in [0.15, 0.2) is 36.4 Å². The molecule has 2 aromatic rings. The molecule has 7 heteroatoms. The molecule has 0 heterocycles. The van der Waals surface area contributed by atoms with Crippen LogP contribution in [0.1, 0.15) is 28.4 Å².